The monoisotopic (exact) mass is 236 g/mol. The highest BCUT2D eigenvalue weighted by molar-refractivity contribution is 5.45. The number of hydrogen-bond acceptors (Lipinski definition) is 4. The van der Waals surface area contributed by atoms with Crippen LogP contribution in [-0.2, 0) is 0 Å². The van der Waals surface area contributed by atoms with Gasteiger partial charge in [-0.2, -0.15) is 0 Å². The number of rotatable bonds is 2. The molecular weight excluding hydrogens is 216 g/mol. The Labute approximate surface area is 102 Å². The lowest BCUT2D eigenvalue weighted by molar-refractivity contribution is 0.0351. The highest BCUT2D eigenvalue weighted by atomic mass is 16.3. The van der Waals surface area contributed by atoms with E-state index in [4.69, 9.17) is 0 Å². The van der Waals surface area contributed by atoms with Crippen LogP contribution in [0.1, 0.15) is 38.5 Å². The van der Waals surface area contributed by atoms with Gasteiger partial charge in [-0.15, -0.1) is 0 Å². The minimum absolute atomic E-state index is 0.522. The predicted molar refractivity (Wildman–Crippen MR) is 66.9 cm³/mol. The summed E-state index contributed by atoms with van der Waals surface area (Å²) in [5.74, 6) is 0. The van der Waals surface area contributed by atoms with Crippen molar-refractivity contribution in [3.63, 3.8) is 0 Å². The lowest BCUT2D eigenvalue weighted by atomic mass is 9.93. The van der Waals surface area contributed by atoms with Gasteiger partial charge < -0.3 is 15.1 Å². The number of nitrogens with zero attached hydrogens (tertiary/aromatic N) is 2. The number of aliphatic hydroxyl groups excluding tert-OH is 1. The fourth-order valence-electron chi connectivity index (χ4n) is 2.08. The van der Waals surface area contributed by atoms with E-state index in [1.165, 1.54) is 0 Å². The zero-order chi connectivity index (χ0) is 12.5. The molecule has 1 aromatic heterocycles. The molecule has 0 saturated carbocycles. The molecule has 0 bridgehead atoms. The van der Waals surface area contributed by atoms with Gasteiger partial charge in [0, 0.05) is 13.1 Å². The van der Waals surface area contributed by atoms with Gasteiger partial charge in [-0.1, -0.05) is 0 Å². The van der Waals surface area contributed by atoms with Crippen LogP contribution in [0.3, 0.4) is 0 Å². The molecule has 94 valence electrons. The molecule has 4 heteroatoms. The van der Waals surface area contributed by atoms with Gasteiger partial charge in [0.2, 0.25) is 0 Å². The molecule has 1 aromatic rings. The maximum atomic E-state index is 9.88. The number of aromatic nitrogens is 1. The van der Waals surface area contributed by atoms with Crippen molar-refractivity contribution in [1.82, 2.24) is 4.98 Å². The van der Waals surface area contributed by atoms with Gasteiger partial charge in [-0.25, -0.2) is 0 Å². The molecule has 0 radical (unpaired) electrons. The lowest BCUT2D eigenvalue weighted by Crippen LogP contribution is -2.42. The summed E-state index contributed by atoms with van der Waals surface area (Å²) in [6.45, 7) is 5.30. The molecule has 1 aliphatic rings. The van der Waals surface area contributed by atoms with Crippen molar-refractivity contribution in [2.45, 2.75) is 38.4 Å². The van der Waals surface area contributed by atoms with Crippen LogP contribution >= 0.6 is 0 Å². The molecule has 1 atom stereocenters. The van der Waals surface area contributed by atoms with Crippen molar-refractivity contribution in [1.29, 1.82) is 0 Å². The molecule has 2 rings (SSSR count). The summed E-state index contributed by atoms with van der Waals surface area (Å²) in [6, 6.07) is 3.84. The van der Waals surface area contributed by atoms with Crippen LogP contribution < -0.4 is 4.90 Å². The van der Waals surface area contributed by atoms with Crippen LogP contribution in [0.15, 0.2) is 18.3 Å². The summed E-state index contributed by atoms with van der Waals surface area (Å²) in [5.41, 5.74) is 1.23. The summed E-state index contributed by atoms with van der Waals surface area (Å²) in [4.78, 5) is 6.45. The summed E-state index contributed by atoms with van der Waals surface area (Å²) < 4.78 is 0. The molecule has 1 aliphatic heterocycles. The van der Waals surface area contributed by atoms with Crippen LogP contribution in [0.25, 0.3) is 0 Å². The fraction of sp³-hybridized carbons (Fsp3) is 0.615. The first-order valence-corrected chi connectivity index (χ1v) is 6.09. The normalized spacial score (nSPS) is 21.3. The fourth-order valence-corrected chi connectivity index (χ4v) is 2.08. The Morgan fingerprint density at radius 2 is 2.00 bits per heavy atom. The Bertz CT molecular complexity index is 364. The molecule has 1 fully saturated rings. The third kappa shape index (κ3) is 2.96. The topological polar surface area (TPSA) is 56.6 Å². The first-order chi connectivity index (χ1) is 7.98. The van der Waals surface area contributed by atoms with Crippen molar-refractivity contribution in [2.24, 2.45) is 0 Å². The Kier molecular flexibility index (Phi) is 3.35. The summed E-state index contributed by atoms with van der Waals surface area (Å²) >= 11 is 0. The van der Waals surface area contributed by atoms with E-state index in [1.54, 1.807) is 13.1 Å². The molecule has 17 heavy (non-hydrogen) atoms. The minimum atomic E-state index is -0.524. The first-order valence-electron chi connectivity index (χ1n) is 6.09. The smallest absolute Gasteiger partial charge is 0.0931 e. The van der Waals surface area contributed by atoms with E-state index in [1.807, 2.05) is 19.1 Å². The molecule has 2 N–H and O–H groups in total. The average Bonchev–Trinajstić information content (AvgIpc) is 2.29. The van der Waals surface area contributed by atoms with Crippen molar-refractivity contribution >= 4 is 5.69 Å². The highest BCUT2D eigenvalue weighted by Crippen LogP contribution is 2.25. The molecule has 0 unspecified atom stereocenters. The van der Waals surface area contributed by atoms with E-state index in [-0.39, 0.29) is 0 Å². The van der Waals surface area contributed by atoms with Crippen LogP contribution in [0.5, 0.6) is 0 Å². The van der Waals surface area contributed by atoms with E-state index in [0.29, 0.717) is 5.69 Å². The van der Waals surface area contributed by atoms with Gasteiger partial charge in [-0.3, -0.25) is 4.98 Å². The minimum Gasteiger partial charge on any atom is -0.390 e. The number of pyridine rings is 1. The molecule has 0 aliphatic carbocycles. The quantitative estimate of drug-likeness (QED) is 0.816. The Morgan fingerprint density at radius 3 is 2.47 bits per heavy atom. The second-order valence-corrected chi connectivity index (χ2v) is 5.10. The largest absolute Gasteiger partial charge is 0.390 e. The maximum absolute atomic E-state index is 9.88. The van der Waals surface area contributed by atoms with Crippen molar-refractivity contribution < 1.29 is 10.2 Å². The van der Waals surface area contributed by atoms with Gasteiger partial charge in [0.15, 0.2) is 0 Å². The average molecular weight is 236 g/mol. The number of hydrogen-bond donors (Lipinski definition) is 2. The van der Waals surface area contributed by atoms with Gasteiger partial charge in [0.05, 0.1) is 29.3 Å². The van der Waals surface area contributed by atoms with E-state index >= 15 is 0 Å². The van der Waals surface area contributed by atoms with Crippen LogP contribution in [0, 0.1) is 0 Å². The Morgan fingerprint density at radius 1 is 1.35 bits per heavy atom. The first kappa shape index (κ1) is 12.3. The standard InChI is InChI=1S/C13H20N2O2/c1-10(16)12-4-3-11(9-14-12)15-7-5-13(2,17)6-8-15/h3-4,9-10,16-17H,5-8H2,1-2H3/t10-/m1/s1. The zero-order valence-corrected chi connectivity index (χ0v) is 10.4. The maximum Gasteiger partial charge on any atom is 0.0931 e. The molecule has 0 spiro atoms. The van der Waals surface area contributed by atoms with Crippen molar-refractivity contribution in [3.8, 4) is 0 Å². The Hall–Kier alpha value is -1.13. The third-order valence-corrected chi connectivity index (χ3v) is 3.40. The van der Waals surface area contributed by atoms with Crippen LogP contribution in [-0.4, -0.2) is 33.9 Å². The summed E-state index contributed by atoms with van der Waals surface area (Å²) in [5, 5.41) is 19.3. The number of piperidine rings is 1. The van der Waals surface area contributed by atoms with Crippen LogP contribution in [0.2, 0.25) is 0 Å². The molecule has 4 nitrogen and oxygen atoms in total. The van der Waals surface area contributed by atoms with E-state index in [9.17, 15) is 10.2 Å². The van der Waals surface area contributed by atoms with Crippen molar-refractivity contribution in [3.05, 3.63) is 24.0 Å². The second-order valence-electron chi connectivity index (χ2n) is 5.10. The van der Waals surface area contributed by atoms with E-state index in [2.05, 4.69) is 9.88 Å². The third-order valence-electron chi connectivity index (χ3n) is 3.40. The van der Waals surface area contributed by atoms with Gasteiger partial charge >= 0.3 is 0 Å². The molecule has 0 aromatic carbocycles. The molecule has 0 amide bonds. The summed E-state index contributed by atoms with van der Waals surface area (Å²) in [6.07, 6.45) is 2.84. The molecule has 1 saturated heterocycles. The van der Waals surface area contributed by atoms with Gasteiger partial charge in [-0.05, 0) is 38.8 Å². The highest BCUT2D eigenvalue weighted by Gasteiger charge is 2.27. The summed E-state index contributed by atoms with van der Waals surface area (Å²) in [7, 11) is 0. The second kappa shape index (κ2) is 4.63. The van der Waals surface area contributed by atoms with Crippen LogP contribution in [0.4, 0.5) is 5.69 Å². The van der Waals surface area contributed by atoms with Gasteiger partial charge in [0.1, 0.15) is 0 Å². The van der Waals surface area contributed by atoms with Gasteiger partial charge in [0.25, 0.3) is 0 Å². The SMILES string of the molecule is C[C@@H](O)c1ccc(N2CCC(C)(O)CC2)cn1. The number of aliphatic hydroxyl groups is 2. The van der Waals surface area contributed by atoms with E-state index in [0.717, 1.165) is 31.6 Å². The molecule has 2 heterocycles. The Balaban J connectivity index is 2.04. The van der Waals surface area contributed by atoms with Crippen molar-refractivity contribution in [2.75, 3.05) is 18.0 Å². The lowest BCUT2D eigenvalue weighted by Gasteiger charge is -2.37. The number of anilines is 1. The van der Waals surface area contributed by atoms with E-state index < -0.39 is 11.7 Å². The molecular formula is C13H20N2O2. The predicted octanol–water partition coefficient (Wildman–Crippen LogP) is 1.49. The zero-order valence-electron chi connectivity index (χ0n) is 10.4.